The first-order valence-electron chi connectivity index (χ1n) is 8.11. The molecule has 0 spiro atoms. The molecule has 5 heteroatoms. The third-order valence-electron chi connectivity index (χ3n) is 4.50. The molecule has 0 aliphatic carbocycles. The molecule has 3 heterocycles. The average molecular weight is 327 g/mol. The zero-order chi connectivity index (χ0) is 17.4. The molecule has 0 unspecified atom stereocenters. The van der Waals surface area contributed by atoms with Crippen LogP contribution in [0.3, 0.4) is 0 Å². The van der Waals surface area contributed by atoms with Gasteiger partial charge in [0.05, 0.1) is 22.7 Å². The van der Waals surface area contributed by atoms with Crippen molar-refractivity contribution in [3.8, 4) is 17.5 Å². The van der Waals surface area contributed by atoms with E-state index in [9.17, 15) is 0 Å². The van der Waals surface area contributed by atoms with Crippen molar-refractivity contribution < 1.29 is 0 Å². The Balaban J connectivity index is 1.76. The molecule has 3 aromatic heterocycles. The summed E-state index contributed by atoms with van der Waals surface area (Å²) in [6, 6.07) is 13.8. The highest BCUT2D eigenvalue weighted by atomic mass is 15.0. The van der Waals surface area contributed by atoms with Crippen molar-refractivity contribution in [3.63, 3.8) is 0 Å². The lowest BCUT2D eigenvalue weighted by molar-refractivity contribution is 0.747. The number of benzene rings is 1. The summed E-state index contributed by atoms with van der Waals surface area (Å²) in [5, 5.41) is 9.05. The van der Waals surface area contributed by atoms with Crippen LogP contribution in [-0.4, -0.2) is 19.5 Å². The first-order chi connectivity index (χ1) is 12.2. The van der Waals surface area contributed by atoms with Crippen LogP contribution in [0.1, 0.15) is 22.5 Å². The Hall–Kier alpha value is -3.39. The summed E-state index contributed by atoms with van der Waals surface area (Å²) in [5.41, 5.74) is 6.95. The summed E-state index contributed by atoms with van der Waals surface area (Å²) in [7, 11) is 0. The van der Waals surface area contributed by atoms with E-state index in [1.54, 1.807) is 12.3 Å². The van der Waals surface area contributed by atoms with Gasteiger partial charge >= 0.3 is 0 Å². The highest BCUT2D eigenvalue weighted by Gasteiger charge is 2.14. The first kappa shape index (κ1) is 15.2. The topological polar surface area (TPSA) is 70.3 Å². The lowest BCUT2D eigenvalue weighted by atomic mass is 10.2. The number of nitriles is 1. The molecule has 0 bridgehead atoms. The number of hydrogen-bond acceptors (Lipinski definition) is 3. The van der Waals surface area contributed by atoms with Gasteiger partial charge in [-0.05, 0) is 49.7 Å². The van der Waals surface area contributed by atoms with Crippen molar-refractivity contribution in [1.82, 2.24) is 19.5 Å². The third kappa shape index (κ3) is 2.68. The first-order valence-corrected chi connectivity index (χ1v) is 8.11. The molecule has 0 saturated carbocycles. The van der Waals surface area contributed by atoms with E-state index in [2.05, 4.69) is 46.6 Å². The Morgan fingerprint density at radius 1 is 1.20 bits per heavy atom. The van der Waals surface area contributed by atoms with Crippen LogP contribution in [0.25, 0.3) is 22.4 Å². The Morgan fingerprint density at radius 2 is 2.08 bits per heavy atom. The Labute approximate surface area is 145 Å². The number of aromatic amines is 1. The van der Waals surface area contributed by atoms with E-state index in [4.69, 9.17) is 10.2 Å². The van der Waals surface area contributed by atoms with E-state index in [0.29, 0.717) is 5.56 Å². The predicted octanol–water partition coefficient (Wildman–Crippen LogP) is 3.96. The van der Waals surface area contributed by atoms with E-state index >= 15 is 0 Å². The fourth-order valence-electron chi connectivity index (χ4n) is 3.17. The lowest BCUT2D eigenvalue weighted by Gasteiger charge is -2.09. The minimum absolute atomic E-state index is 0.629. The van der Waals surface area contributed by atoms with Crippen LogP contribution in [0.5, 0.6) is 0 Å². The highest BCUT2D eigenvalue weighted by Crippen LogP contribution is 2.27. The van der Waals surface area contributed by atoms with Gasteiger partial charge in [0.2, 0.25) is 0 Å². The minimum Gasteiger partial charge on any atom is -0.344 e. The third-order valence-corrected chi connectivity index (χ3v) is 4.50. The number of pyridine rings is 1. The second-order valence-corrected chi connectivity index (χ2v) is 6.16. The van der Waals surface area contributed by atoms with Gasteiger partial charge in [0.25, 0.3) is 0 Å². The molecule has 4 rings (SSSR count). The Morgan fingerprint density at radius 3 is 2.84 bits per heavy atom. The SMILES string of the molecule is Cc1cc(-c2nc3ccc(C#N)cc3[nH]2)c(C)n1Cc1cccnc1. The molecule has 1 N–H and O–H groups in total. The van der Waals surface area contributed by atoms with Crippen molar-refractivity contribution in [2.24, 2.45) is 0 Å². The molecule has 0 atom stereocenters. The van der Waals surface area contributed by atoms with Crippen LogP contribution in [-0.2, 0) is 6.54 Å². The van der Waals surface area contributed by atoms with E-state index < -0.39 is 0 Å². The predicted molar refractivity (Wildman–Crippen MR) is 97.0 cm³/mol. The molecule has 0 fully saturated rings. The molecule has 0 aliphatic heterocycles. The minimum atomic E-state index is 0.629. The summed E-state index contributed by atoms with van der Waals surface area (Å²) >= 11 is 0. The molecule has 0 radical (unpaired) electrons. The van der Waals surface area contributed by atoms with Gasteiger partial charge in [-0.15, -0.1) is 0 Å². The summed E-state index contributed by atoms with van der Waals surface area (Å²) < 4.78 is 2.26. The summed E-state index contributed by atoms with van der Waals surface area (Å²) in [6.07, 6.45) is 3.68. The molecule has 0 amide bonds. The van der Waals surface area contributed by atoms with Crippen LogP contribution in [0, 0.1) is 25.2 Å². The van der Waals surface area contributed by atoms with Gasteiger partial charge in [0, 0.05) is 35.9 Å². The number of imidazole rings is 1. The van der Waals surface area contributed by atoms with Gasteiger partial charge in [-0.3, -0.25) is 4.98 Å². The van der Waals surface area contributed by atoms with Gasteiger partial charge in [-0.2, -0.15) is 5.26 Å². The number of rotatable bonds is 3. The van der Waals surface area contributed by atoms with Gasteiger partial charge in [-0.1, -0.05) is 6.07 Å². The molecular weight excluding hydrogens is 310 g/mol. The molecule has 122 valence electrons. The zero-order valence-corrected chi connectivity index (χ0v) is 14.1. The van der Waals surface area contributed by atoms with E-state index in [-0.39, 0.29) is 0 Å². The van der Waals surface area contributed by atoms with Gasteiger partial charge in [0.15, 0.2) is 0 Å². The largest absolute Gasteiger partial charge is 0.344 e. The maximum Gasteiger partial charge on any atom is 0.140 e. The smallest absolute Gasteiger partial charge is 0.140 e. The Bertz CT molecular complexity index is 1100. The molecule has 4 aromatic rings. The molecule has 25 heavy (non-hydrogen) atoms. The summed E-state index contributed by atoms with van der Waals surface area (Å²) in [6.45, 7) is 4.99. The van der Waals surface area contributed by atoms with Crippen molar-refractivity contribution in [2.75, 3.05) is 0 Å². The maximum absolute atomic E-state index is 9.05. The van der Waals surface area contributed by atoms with Crippen LogP contribution in [0.4, 0.5) is 0 Å². The number of aryl methyl sites for hydroxylation is 1. The fraction of sp³-hybridized carbons (Fsp3) is 0.150. The van der Waals surface area contributed by atoms with E-state index in [1.807, 2.05) is 24.4 Å². The van der Waals surface area contributed by atoms with Crippen molar-refractivity contribution in [3.05, 3.63) is 71.3 Å². The van der Waals surface area contributed by atoms with Crippen molar-refractivity contribution in [1.29, 1.82) is 5.26 Å². The van der Waals surface area contributed by atoms with Crippen LogP contribution in [0.15, 0.2) is 48.8 Å². The Kier molecular flexibility index (Phi) is 3.58. The number of nitrogens with zero attached hydrogens (tertiary/aromatic N) is 4. The molecular formula is C20H17N5. The number of hydrogen-bond donors (Lipinski definition) is 1. The standard InChI is InChI=1S/C20H17N5/c1-13-8-17(14(2)25(13)12-16-4-3-7-22-11-16)20-23-18-6-5-15(10-21)9-19(18)24-20/h3-9,11H,12H2,1-2H3,(H,23,24). The van der Waals surface area contributed by atoms with Gasteiger partial charge in [-0.25, -0.2) is 4.98 Å². The number of fused-ring (bicyclic) bond motifs is 1. The maximum atomic E-state index is 9.05. The van der Waals surface area contributed by atoms with Crippen molar-refractivity contribution in [2.45, 2.75) is 20.4 Å². The second kappa shape index (κ2) is 5.91. The van der Waals surface area contributed by atoms with Crippen LogP contribution >= 0.6 is 0 Å². The zero-order valence-electron chi connectivity index (χ0n) is 14.1. The fourth-order valence-corrected chi connectivity index (χ4v) is 3.17. The monoisotopic (exact) mass is 327 g/mol. The van der Waals surface area contributed by atoms with Crippen LogP contribution in [0.2, 0.25) is 0 Å². The highest BCUT2D eigenvalue weighted by molar-refractivity contribution is 5.81. The number of nitrogens with one attached hydrogen (secondary N) is 1. The lowest BCUT2D eigenvalue weighted by Crippen LogP contribution is -2.04. The van der Waals surface area contributed by atoms with Crippen LogP contribution < -0.4 is 0 Å². The normalized spacial score (nSPS) is 10.9. The van der Waals surface area contributed by atoms with E-state index in [0.717, 1.165) is 34.7 Å². The van der Waals surface area contributed by atoms with Gasteiger partial charge < -0.3 is 9.55 Å². The van der Waals surface area contributed by atoms with Gasteiger partial charge in [0.1, 0.15) is 5.82 Å². The van der Waals surface area contributed by atoms with E-state index in [1.165, 1.54) is 11.3 Å². The number of H-pyrrole nitrogens is 1. The summed E-state index contributed by atoms with van der Waals surface area (Å²) in [4.78, 5) is 12.2. The number of aromatic nitrogens is 4. The molecule has 0 aliphatic rings. The average Bonchev–Trinajstić information content (AvgIpc) is 3.17. The molecule has 0 saturated heterocycles. The quantitative estimate of drug-likeness (QED) is 0.619. The molecule has 5 nitrogen and oxygen atoms in total. The second-order valence-electron chi connectivity index (χ2n) is 6.16. The van der Waals surface area contributed by atoms with Crippen molar-refractivity contribution >= 4 is 11.0 Å². The molecule has 1 aromatic carbocycles. The summed E-state index contributed by atoms with van der Waals surface area (Å²) in [5.74, 6) is 0.829.